The number of aromatic amines is 1. The second kappa shape index (κ2) is 6.89. The predicted octanol–water partition coefficient (Wildman–Crippen LogP) is 1.41. The predicted molar refractivity (Wildman–Crippen MR) is 85.4 cm³/mol. The van der Waals surface area contributed by atoms with Crippen LogP contribution in [0, 0.1) is 5.92 Å². The van der Waals surface area contributed by atoms with Gasteiger partial charge in [0.1, 0.15) is 0 Å². The van der Waals surface area contributed by atoms with Gasteiger partial charge < -0.3 is 14.4 Å². The van der Waals surface area contributed by atoms with Crippen molar-refractivity contribution in [3.63, 3.8) is 0 Å². The molecule has 2 aromatic rings. The van der Waals surface area contributed by atoms with Crippen LogP contribution in [-0.4, -0.2) is 50.0 Å². The standard InChI is InChI=1S/C16H21N3O3/c1-21-8-9-22-11-12-6-7-19(10-12)16-17-14-5-3-2-4-13(14)15(20)18-16/h2-5,12H,6-11H2,1H3,(H,17,18,20). The smallest absolute Gasteiger partial charge is 0.260 e. The molecule has 1 aliphatic heterocycles. The van der Waals surface area contributed by atoms with Crippen molar-refractivity contribution < 1.29 is 9.47 Å². The van der Waals surface area contributed by atoms with Gasteiger partial charge in [-0.25, -0.2) is 4.98 Å². The van der Waals surface area contributed by atoms with E-state index in [1.165, 1.54) is 0 Å². The lowest BCUT2D eigenvalue weighted by Crippen LogP contribution is -2.26. The number of nitrogens with one attached hydrogen (secondary N) is 1. The van der Waals surface area contributed by atoms with E-state index in [9.17, 15) is 4.79 Å². The highest BCUT2D eigenvalue weighted by atomic mass is 16.5. The number of aromatic nitrogens is 2. The molecule has 1 atom stereocenters. The first kappa shape index (κ1) is 15.0. The lowest BCUT2D eigenvalue weighted by Gasteiger charge is -2.17. The van der Waals surface area contributed by atoms with Gasteiger partial charge in [-0.3, -0.25) is 9.78 Å². The molecule has 1 fully saturated rings. The molecule has 1 aliphatic rings. The van der Waals surface area contributed by atoms with Gasteiger partial charge in [-0.15, -0.1) is 0 Å². The van der Waals surface area contributed by atoms with E-state index in [1.807, 2.05) is 18.2 Å². The highest BCUT2D eigenvalue weighted by molar-refractivity contribution is 5.78. The summed E-state index contributed by atoms with van der Waals surface area (Å²) in [5.41, 5.74) is 0.654. The Hall–Kier alpha value is -1.92. The lowest BCUT2D eigenvalue weighted by atomic mass is 10.1. The normalized spacial score (nSPS) is 18.2. The quantitative estimate of drug-likeness (QED) is 0.817. The molecule has 0 amide bonds. The molecule has 0 radical (unpaired) electrons. The van der Waals surface area contributed by atoms with Crippen LogP contribution in [0.2, 0.25) is 0 Å². The molecule has 1 saturated heterocycles. The van der Waals surface area contributed by atoms with Crippen LogP contribution in [0.1, 0.15) is 6.42 Å². The topological polar surface area (TPSA) is 67.5 Å². The summed E-state index contributed by atoms with van der Waals surface area (Å²) in [7, 11) is 1.67. The number of nitrogens with zero attached hydrogens (tertiary/aromatic N) is 2. The lowest BCUT2D eigenvalue weighted by molar-refractivity contribution is 0.0549. The number of ether oxygens (including phenoxy) is 2. The third-order valence-corrected chi connectivity index (χ3v) is 3.97. The van der Waals surface area contributed by atoms with Crippen molar-refractivity contribution >= 4 is 16.9 Å². The van der Waals surface area contributed by atoms with Gasteiger partial charge in [0.2, 0.25) is 5.95 Å². The molecular formula is C16H21N3O3. The van der Waals surface area contributed by atoms with Crippen LogP contribution in [0.3, 0.4) is 0 Å². The van der Waals surface area contributed by atoms with Crippen LogP contribution in [0.15, 0.2) is 29.1 Å². The fraction of sp³-hybridized carbons (Fsp3) is 0.500. The summed E-state index contributed by atoms with van der Waals surface area (Å²) in [4.78, 5) is 21.7. The maximum Gasteiger partial charge on any atom is 0.260 e. The molecule has 1 aromatic heterocycles. The van der Waals surface area contributed by atoms with E-state index in [0.29, 0.717) is 30.5 Å². The Morgan fingerprint density at radius 2 is 2.23 bits per heavy atom. The summed E-state index contributed by atoms with van der Waals surface area (Å²) in [5.74, 6) is 1.12. The Morgan fingerprint density at radius 1 is 1.36 bits per heavy atom. The molecule has 0 spiro atoms. The molecular weight excluding hydrogens is 282 g/mol. The van der Waals surface area contributed by atoms with Gasteiger partial charge in [0.15, 0.2) is 0 Å². The van der Waals surface area contributed by atoms with Gasteiger partial charge in [0.25, 0.3) is 5.56 Å². The number of para-hydroxylation sites is 1. The zero-order valence-corrected chi connectivity index (χ0v) is 12.7. The average molecular weight is 303 g/mol. The van der Waals surface area contributed by atoms with Crippen molar-refractivity contribution in [1.29, 1.82) is 0 Å². The first-order valence-electron chi connectivity index (χ1n) is 7.58. The summed E-state index contributed by atoms with van der Waals surface area (Å²) in [6.45, 7) is 3.71. The minimum atomic E-state index is -0.0830. The minimum absolute atomic E-state index is 0.0830. The second-order valence-electron chi connectivity index (χ2n) is 5.58. The maximum atomic E-state index is 12.1. The van der Waals surface area contributed by atoms with Crippen LogP contribution in [-0.2, 0) is 9.47 Å². The summed E-state index contributed by atoms with van der Waals surface area (Å²) < 4.78 is 10.6. The Labute approximate surface area is 129 Å². The van der Waals surface area contributed by atoms with E-state index in [2.05, 4.69) is 14.9 Å². The third kappa shape index (κ3) is 3.28. The number of rotatable bonds is 6. The number of hydrogen-bond acceptors (Lipinski definition) is 5. The molecule has 0 aliphatic carbocycles. The zero-order valence-electron chi connectivity index (χ0n) is 12.7. The van der Waals surface area contributed by atoms with E-state index >= 15 is 0 Å². The summed E-state index contributed by atoms with van der Waals surface area (Å²) >= 11 is 0. The number of H-pyrrole nitrogens is 1. The zero-order chi connectivity index (χ0) is 15.4. The van der Waals surface area contributed by atoms with Gasteiger partial charge >= 0.3 is 0 Å². The molecule has 0 saturated carbocycles. The maximum absolute atomic E-state index is 12.1. The van der Waals surface area contributed by atoms with Crippen LogP contribution >= 0.6 is 0 Å². The second-order valence-corrected chi connectivity index (χ2v) is 5.58. The van der Waals surface area contributed by atoms with Crippen LogP contribution in [0.5, 0.6) is 0 Å². The van der Waals surface area contributed by atoms with E-state index in [4.69, 9.17) is 9.47 Å². The highest BCUT2D eigenvalue weighted by Gasteiger charge is 2.24. The third-order valence-electron chi connectivity index (χ3n) is 3.97. The van der Waals surface area contributed by atoms with Crippen molar-refractivity contribution in [2.45, 2.75) is 6.42 Å². The molecule has 6 heteroatoms. The van der Waals surface area contributed by atoms with Crippen molar-refractivity contribution in [2.24, 2.45) is 5.92 Å². The van der Waals surface area contributed by atoms with Crippen molar-refractivity contribution in [3.05, 3.63) is 34.6 Å². The van der Waals surface area contributed by atoms with Gasteiger partial charge in [-0.05, 0) is 18.6 Å². The first-order valence-corrected chi connectivity index (χ1v) is 7.58. The number of anilines is 1. The molecule has 0 bridgehead atoms. The Balaban J connectivity index is 1.67. The average Bonchev–Trinajstić information content (AvgIpc) is 3.00. The monoisotopic (exact) mass is 303 g/mol. The fourth-order valence-corrected chi connectivity index (χ4v) is 2.78. The van der Waals surface area contributed by atoms with Gasteiger partial charge in [0.05, 0.1) is 30.7 Å². The molecule has 118 valence electrons. The van der Waals surface area contributed by atoms with Gasteiger partial charge in [0, 0.05) is 26.1 Å². The number of benzene rings is 1. The van der Waals surface area contributed by atoms with Crippen molar-refractivity contribution in [3.8, 4) is 0 Å². The number of methoxy groups -OCH3 is 1. The Bertz CT molecular complexity index is 686. The SMILES string of the molecule is COCCOCC1CCN(c2nc3ccccc3c(=O)[nH]2)C1. The Morgan fingerprint density at radius 3 is 3.09 bits per heavy atom. The highest BCUT2D eigenvalue weighted by Crippen LogP contribution is 2.21. The molecule has 1 aromatic carbocycles. The first-order chi connectivity index (χ1) is 10.8. The molecule has 1 unspecified atom stereocenters. The summed E-state index contributed by atoms with van der Waals surface area (Å²) in [6, 6.07) is 7.41. The fourth-order valence-electron chi connectivity index (χ4n) is 2.78. The van der Waals surface area contributed by atoms with Crippen molar-refractivity contribution in [1.82, 2.24) is 9.97 Å². The van der Waals surface area contributed by atoms with Gasteiger partial charge in [-0.1, -0.05) is 12.1 Å². The molecule has 1 N–H and O–H groups in total. The molecule has 6 nitrogen and oxygen atoms in total. The van der Waals surface area contributed by atoms with Crippen molar-refractivity contribution in [2.75, 3.05) is 44.9 Å². The van der Waals surface area contributed by atoms with Crippen LogP contribution in [0.25, 0.3) is 10.9 Å². The van der Waals surface area contributed by atoms with Crippen LogP contribution in [0.4, 0.5) is 5.95 Å². The largest absolute Gasteiger partial charge is 0.382 e. The Kier molecular flexibility index (Phi) is 4.70. The summed E-state index contributed by atoms with van der Waals surface area (Å²) in [6.07, 6.45) is 1.05. The van der Waals surface area contributed by atoms with E-state index in [-0.39, 0.29) is 5.56 Å². The molecule has 2 heterocycles. The number of fused-ring (bicyclic) bond motifs is 1. The van der Waals surface area contributed by atoms with E-state index < -0.39 is 0 Å². The molecule has 3 rings (SSSR count). The van der Waals surface area contributed by atoms with E-state index in [1.54, 1.807) is 13.2 Å². The minimum Gasteiger partial charge on any atom is -0.382 e. The van der Waals surface area contributed by atoms with E-state index in [0.717, 1.165) is 31.6 Å². The van der Waals surface area contributed by atoms with Gasteiger partial charge in [-0.2, -0.15) is 0 Å². The summed E-state index contributed by atoms with van der Waals surface area (Å²) in [5, 5.41) is 0.630. The molecule has 22 heavy (non-hydrogen) atoms. The number of hydrogen-bond donors (Lipinski definition) is 1. The van der Waals surface area contributed by atoms with Crippen LogP contribution < -0.4 is 10.5 Å².